The molecule has 1 aliphatic rings. The fourth-order valence-electron chi connectivity index (χ4n) is 1.87. The molecule has 0 spiro atoms. The van der Waals surface area contributed by atoms with Crippen LogP contribution in [0.3, 0.4) is 0 Å². The molecule has 0 N–H and O–H groups in total. The second kappa shape index (κ2) is 3.99. The Balaban J connectivity index is 2.15. The highest BCUT2D eigenvalue weighted by Gasteiger charge is 2.34. The van der Waals surface area contributed by atoms with Crippen molar-refractivity contribution < 1.29 is 4.74 Å². The van der Waals surface area contributed by atoms with Crippen molar-refractivity contribution in [3.05, 3.63) is 12.2 Å². The van der Waals surface area contributed by atoms with Crippen molar-refractivity contribution in [1.29, 1.82) is 5.26 Å². The molecule has 2 heterocycles. The summed E-state index contributed by atoms with van der Waals surface area (Å²) >= 11 is 0. The number of aromatic nitrogens is 3. The van der Waals surface area contributed by atoms with Gasteiger partial charge in [-0.1, -0.05) is 0 Å². The van der Waals surface area contributed by atoms with Crippen molar-refractivity contribution in [3.8, 4) is 6.07 Å². The lowest BCUT2D eigenvalue weighted by Gasteiger charge is -2.29. The van der Waals surface area contributed by atoms with E-state index >= 15 is 0 Å². The van der Waals surface area contributed by atoms with Gasteiger partial charge in [-0.05, 0) is 12.8 Å². The van der Waals surface area contributed by atoms with Gasteiger partial charge in [-0.2, -0.15) is 10.4 Å². The fraction of sp³-hybridized carbons (Fsp3) is 0.700. The molecule has 0 atom stereocenters. The minimum Gasteiger partial charge on any atom is -0.381 e. The van der Waals surface area contributed by atoms with Gasteiger partial charge in [0, 0.05) is 26.7 Å². The normalized spacial score (nSPS) is 19.7. The smallest absolute Gasteiger partial charge is 0.138 e. The molecule has 0 aliphatic carbocycles. The third-order valence-electron chi connectivity index (χ3n) is 2.99. The summed E-state index contributed by atoms with van der Waals surface area (Å²) in [5, 5.41) is 13.3. The maximum absolute atomic E-state index is 9.27. The molecular formula is C10H14N4O. The van der Waals surface area contributed by atoms with Gasteiger partial charge in [0.25, 0.3) is 0 Å². The summed E-state index contributed by atoms with van der Waals surface area (Å²) in [5.74, 6) is 0.874. The second-order valence-corrected chi connectivity index (χ2v) is 3.98. The summed E-state index contributed by atoms with van der Waals surface area (Å²) < 4.78 is 7.01. The van der Waals surface area contributed by atoms with Crippen molar-refractivity contribution >= 4 is 0 Å². The molecule has 1 aromatic heterocycles. The maximum Gasteiger partial charge on any atom is 0.138 e. The van der Waals surface area contributed by atoms with Crippen LogP contribution in [0, 0.1) is 16.7 Å². The van der Waals surface area contributed by atoms with Crippen LogP contribution in [0.4, 0.5) is 0 Å². The molecule has 1 aliphatic heterocycles. The lowest BCUT2D eigenvalue weighted by atomic mass is 9.78. The Morgan fingerprint density at radius 2 is 2.33 bits per heavy atom. The van der Waals surface area contributed by atoms with Gasteiger partial charge in [-0.3, -0.25) is 4.68 Å². The van der Waals surface area contributed by atoms with Crippen molar-refractivity contribution in [2.45, 2.75) is 19.3 Å². The molecule has 80 valence electrons. The second-order valence-electron chi connectivity index (χ2n) is 3.98. The van der Waals surface area contributed by atoms with Crippen LogP contribution in [0.15, 0.2) is 6.33 Å². The van der Waals surface area contributed by atoms with Crippen LogP contribution >= 0.6 is 0 Å². The molecule has 0 radical (unpaired) electrons. The van der Waals surface area contributed by atoms with Crippen molar-refractivity contribution in [2.24, 2.45) is 12.5 Å². The molecule has 0 saturated carbocycles. The van der Waals surface area contributed by atoms with Gasteiger partial charge in [0.15, 0.2) is 0 Å². The molecule has 0 aromatic carbocycles. The van der Waals surface area contributed by atoms with E-state index in [1.54, 1.807) is 4.68 Å². The number of hydrogen-bond donors (Lipinski definition) is 0. The van der Waals surface area contributed by atoms with Crippen LogP contribution < -0.4 is 0 Å². The topological polar surface area (TPSA) is 63.7 Å². The predicted molar refractivity (Wildman–Crippen MR) is 52.8 cm³/mol. The van der Waals surface area contributed by atoms with Crippen LogP contribution in [-0.4, -0.2) is 28.0 Å². The van der Waals surface area contributed by atoms with Crippen LogP contribution in [0.5, 0.6) is 0 Å². The summed E-state index contributed by atoms with van der Waals surface area (Å²) in [4.78, 5) is 4.16. The lowest BCUT2D eigenvalue weighted by molar-refractivity contribution is 0.0395. The molecular weight excluding hydrogens is 192 g/mol. The Bertz CT molecular complexity index is 373. The van der Waals surface area contributed by atoms with Crippen molar-refractivity contribution in [1.82, 2.24) is 14.8 Å². The van der Waals surface area contributed by atoms with E-state index < -0.39 is 0 Å². The summed E-state index contributed by atoms with van der Waals surface area (Å²) in [6, 6.07) is 2.42. The maximum atomic E-state index is 9.27. The van der Waals surface area contributed by atoms with Gasteiger partial charge in [0.2, 0.25) is 0 Å². The standard InChI is InChI=1S/C10H14N4O/c1-14-9(12-8-13-14)6-10(7-11)2-4-15-5-3-10/h8H,2-6H2,1H3. The first-order valence-corrected chi connectivity index (χ1v) is 5.08. The number of nitriles is 1. The number of rotatable bonds is 2. The highest BCUT2D eigenvalue weighted by atomic mass is 16.5. The summed E-state index contributed by atoms with van der Waals surface area (Å²) in [5.41, 5.74) is -0.307. The molecule has 0 unspecified atom stereocenters. The fourth-order valence-corrected chi connectivity index (χ4v) is 1.87. The van der Waals surface area contributed by atoms with Crippen molar-refractivity contribution in [2.75, 3.05) is 13.2 Å². The minimum atomic E-state index is -0.307. The third-order valence-corrected chi connectivity index (χ3v) is 2.99. The Morgan fingerprint density at radius 1 is 1.60 bits per heavy atom. The highest BCUT2D eigenvalue weighted by molar-refractivity contribution is 5.06. The van der Waals surface area contributed by atoms with E-state index in [1.165, 1.54) is 6.33 Å². The first kappa shape index (κ1) is 10.1. The Labute approximate surface area is 88.7 Å². The third kappa shape index (κ3) is 2.00. The largest absolute Gasteiger partial charge is 0.381 e. The zero-order chi connectivity index (χ0) is 10.7. The molecule has 1 fully saturated rings. The molecule has 0 bridgehead atoms. The zero-order valence-corrected chi connectivity index (χ0v) is 8.81. The summed E-state index contributed by atoms with van der Waals surface area (Å²) in [6.45, 7) is 1.34. The van der Waals surface area contributed by atoms with Gasteiger partial charge in [-0.25, -0.2) is 4.98 Å². The van der Waals surface area contributed by atoms with Gasteiger partial charge < -0.3 is 4.74 Å². The SMILES string of the molecule is Cn1ncnc1CC1(C#N)CCOCC1. The Kier molecular flexibility index (Phi) is 2.69. The molecule has 1 aromatic rings. The van der Waals surface area contributed by atoms with E-state index in [0.29, 0.717) is 19.6 Å². The Hall–Kier alpha value is -1.41. The number of hydrogen-bond acceptors (Lipinski definition) is 4. The zero-order valence-electron chi connectivity index (χ0n) is 8.81. The van der Waals surface area contributed by atoms with Crippen LogP contribution in [0.2, 0.25) is 0 Å². The van der Waals surface area contributed by atoms with E-state index in [0.717, 1.165) is 18.7 Å². The van der Waals surface area contributed by atoms with Crippen LogP contribution in [0.25, 0.3) is 0 Å². The Morgan fingerprint density at radius 3 is 2.87 bits per heavy atom. The summed E-state index contributed by atoms with van der Waals surface area (Å²) in [6.07, 6.45) is 3.77. The number of nitrogens with zero attached hydrogens (tertiary/aromatic N) is 4. The molecule has 5 nitrogen and oxygen atoms in total. The number of ether oxygens (including phenoxy) is 1. The first-order valence-electron chi connectivity index (χ1n) is 5.08. The quantitative estimate of drug-likeness (QED) is 0.713. The van der Waals surface area contributed by atoms with E-state index in [4.69, 9.17) is 4.74 Å². The monoisotopic (exact) mass is 206 g/mol. The average Bonchev–Trinajstić information content (AvgIpc) is 2.66. The van der Waals surface area contributed by atoms with E-state index in [-0.39, 0.29) is 5.41 Å². The number of aryl methyl sites for hydroxylation is 1. The molecule has 1 saturated heterocycles. The molecule has 5 heteroatoms. The van der Waals surface area contributed by atoms with Crippen molar-refractivity contribution in [3.63, 3.8) is 0 Å². The van der Waals surface area contributed by atoms with E-state index in [2.05, 4.69) is 16.2 Å². The van der Waals surface area contributed by atoms with Gasteiger partial charge >= 0.3 is 0 Å². The minimum absolute atomic E-state index is 0.307. The lowest BCUT2D eigenvalue weighted by Crippen LogP contribution is -2.31. The molecule has 2 rings (SSSR count). The van der Waals surface area contributed by atoms with Gasteiger partial charge in [-0.15, -0.1) is 0 Å². The van der Waals surface area contributed by atoms with Crippen LogP contribution in [0.1, 0.15) is 18.7 Å². The highest BCUT2D eigenvalue weighted by Crippen LogP contribution is 2.32. The van der Waals surface area contributed by atoms with Gasteiger partial charge in [0.05, 0.1) is 11.5 Å². The first-order chi connectivity index (χ1) is 7.26. The van der Waals surface area contributed by atoms with Crippen LogP contribution in [-0.2, 0) is 18.2 Å². The average molecular weight is 206 g/mol. The van der Waals surface area contributed by atoms with Gasteiger partial charge in [0.1, 0.15) is 12.2 Å². The molecule has 15 heavy (non-hydrogen) atoms. The predicted octanol–water partition coefficient (Wildman–Crippen LogP) is 0.678. The van der Waals surface area contributed by atoms with E-state index in [9.17, 15) is 5.26 Å². The summed E-state index contributed by atoms with van der Waals surface area (Å²) in [7, 11) is 1.85. The van der Waals surface area contributed by atoms with E-state index in [1.807, 2.05) is 7.05 Å². The molecule has 0 amide bonds.